The molecule has 0 aromatic carbocycles. The molecule has 2 heterocycles. The van der Waals surface area contributed by atoms with Gasteiger partial charge in [-0.15, -0.1) is 22.7 Å². The van der Waals surface area contributed by atoms with Gasteiger partial charge in [-0.3, -0.25) is 0 Å². The van der Waals surface area contributed by atoms with Crippen molar-refractivity contribution in [1.82, 2.24) is 4.98 Å². The number of thiazole rings is 1. The number of hydrogen-bond acceptors (Lipinski definition) is 4. The third-order valence-electron chi connectivity index (χ3n) is 2.57. The fourth-order valence-electron chi connectivity index (χ4n) is 1.65. The summed E-state index contributed by atoms with van der Waals surface area (Å²) in [6.45, 7) is 3.75. The molecule has 2 rings (SSSR count). The van der Waals surface area contributed by atoms with Crippen molar-refractivity contribution in [1.29, 1.82) is 0 Å². The van der Waals surface area contributed by atoms with Crippen LogP contribution in [0, 0.1) is 6.92 Å². The van der Waals surface area contributed by atoms with E-state index in [2.05, 4.69) is 28.7 Å². The summed E-state index contributed by atoms with van der Waals surface area (Å²) in [5.41, 5.74) is 2.37. The van der Waals surface area contributed by atoms with Crippen LogP contribution in [0.3, 0.4) is 0 Å². The van der Waals surface area contributed by atoms with Gasteiger partial charge in [0.1, 0.15) is 5.78 Å². The normalized spacial score (nSPS) is 10.7. The third kappa shape index (κ3) is 3.23. The van der Waals surface area contributed by atoms with Crippen molar-refractivity contribution in [2.45, 2.75) is 33.1 Å². The molecule has 2 aromatic rings. The lowest BCUT2D eigenvalue weighted by Gasteiger charge is -1.95. The number of ketones is 1. The molecule has 0 aliphatic rings. The molecular weight excluding hydrogens is 250 g/mol. The zero-order chi connectivity index (χ0) is 12.3. The third-order valence-corrected chi connectivity index (χ3v) is 4.51. The predicted octanol–water partition coefficient (Wildman–Crippen LogP) is 4.09. The first-order valence-corrected chi connectivity index (χ1v) is 7.41. The lowest BCUT2D eigenvalue weighted by atomic mass is 10.2. The molecule has 2 nitrogen and oxygen atoms in total. The van der Waals surface area contributed by atoms with Crippen LogP contribution in [-0.4, -0.2) is 10.8 Å². The van der Waals surface area contributed by atoms with Gasteiger partial charge in [-0.25, -0.2) is 4.98 Å². The van der Waals surface area contributed by atoms with Crippen LogP contribution < -0.4 is 0 Å². The molecule has 0 bridgehead atoms. The molecule has 0 amide bonds. The first-order chi connectivity index (χ1) is 8.16. The van der Waals surface area contributed by atoms with Crippen LogP contribution in [0.4, 0.5) is 0 Å². The SMILES string of the molecule is CC(=O)CCCc1nc(-c2sccc2C)cs1. The Labute approximate surface area is 109 Å². The van der Waals surface area contributed by atoms with Crippen molar-refractivity contribution in [3.63, 3.8) is 0 Å². The van der Waals surface area contributed by atoms with Gasteiger partial charge in [-0.05, 0) is 43.7 Å². The number of thiophene rings is 1. The second kappa shape index (κ2) is 5.56. The number of aromatic nitrogens is 1. The molecule has 17 heavy (non-hydrogen) atoms. The second-order valence-corrected chi connectivity index (χ2v) is 5.97. The van der Waals surface area contributed by atoms with Crippen LogP contribution in [0.1, 0.15) is 30.3 Å². The highest BCUT2D eigenvalue weighted by Crippen LogP contribution is 2.30. The number of Topliss-reactive ketones (excluding diaryl/α,β-unsaturated/α-hetero) is 1. The Bertz CT molecular complexity index is 513. The first kappa shape index (κ1) is 12.5. The molecular formula is C13H15NOS2. The van der Waals surface area contributed by atoms with Gasteiger partial charge in [0.05, 0.1) is 15.6 Å². The van der Waals surface area contributed by atoms with Crippen LogP contribution in [0.25, 0.3) is 10.6 Å². The zero-order valence-corrected chi connectivity index (χ0v) is 11.7. The molecule has 0 saturated heterocycles. The van der Waals surface area contributed by atoms with Crippen molar-refractivity contribution in [2.75, 3.05) is 0 Å². The average Bonchev–Trinajstić information content (AvgIpc) is 2.86. The highest BCUT2D eigenvalue weighted by molar-refractivity contribution is 7.14. The van der Waals surface area contributed by atoms with Gasteiger partial charge >= 0.3 is 0 Å². The van der Waals surface area contributed by atoms with E-state index in [0.29, 0.717) is 6.42 Å². The largest absolute Gasteiger partial charge is 0.300 e. The summed E-state index contributed by atoms with van der Waals surface area (Å²) in [7, 11) is 0. The maximum atomic E-state index is 10.9. The molecule has 0 aliphatic carbocycles. The van der Waals surface area contributed by atoms with Gasteiger partial charge in [-0.1, -0.05) is 0 Å². The lowest BCUT2D eigenvalue weighted by molar-refractivity contribution is -0.117. The van der Waals surface area contributed by atoms with E-state index in [4.69, 9.17) is 0 Å². The number of nitrogens with zero attached hydrogens (tertiary/aromatic N) is 1. The Morgan fingerprint density at radius 1 is 1.41 bits per heavy atom. The van der Waals surface area contributed by atoms with E-state index >= 15 is 0 Å². The molecule has 0 aliphatic heterocycles. The number of carbonyl (C=O) groups excluding carboxylic acids is 1. The predicted molar refractivity (Wildman–Crippen MR) is 73.8 cm³/mol. The van der Waals surface area contributed by atoms with Gasteiger partial charge in [0.2, 0.25) is 0 Å². The van der Waals surface area contributed by atoms with E-state index in [0.717, 1.165) is 23.5 Å². The molecule has 0 N–H and O–H groups in total. The van der Waals surface area contributed by atoms with Crippen molar-refractivity contribution in [3.8, 4) is 10.6 Å². The van der Waals surface area contributed by atoms with Gasteiger partial charge in [0.15, 0.2) is 0 Å². The van der Waals surface area contributed by atoms with Crippen LogP contribution in [0.15, 0.2) is 16.8 Å². The molecule has 0 radical (unpaired) electrons. The van der Waals surface area contributed by atoms with E-state index < -0.39 is 0 Å². The van der Waals surface area contributed by atoms with E-state index in [1.54, 1.807) is 29.6 Å². The second-order valence-electron chi connectivity index (χ2n) is 4.11. The van der Waals surface area contributed by atoms with E-state index in [1.807, 2.05) is 0 Å². The minimum absolute atomic E-state index is 0.260. The molecule has 2 aromatic heterocycles. The number of carbonyl (C=O) groups is 1. The Morgan fingerprint density at radius 2 is 2.24 bits per heavy atom. The first-order valence-electron chi connectivity index (χ1n) is 5.65. The average molecular weight is 265 g/mol. The number of hydrogen-bond donors (Lipinski definition) is 0. The maximum Gasteiger partial charge on any atom is 0.129 e. The van der Waals surface area contributed by atoms with Crippen molar-refractivity contribution in [2.24, 2.45) is 0 Å². The van der Waals surface area contributed by atoms with Crippen molar-refractivity contribution < 1.29 is 4.79 Å². The molecule has 90 valence electrons. The Kier molecular flexibility index (Phi) is 4.07. The van der Waals surface area contributed by atoms with E-state index in [9.17, 15) is 4.79 Å². The summed E-state index contributed by atoms with van der Waals surface area (Å²) >= 11 is 3.43. The number of aryl methyl sites for hydroxylation is 2. The summed E-state index contributed by atoms with van der Waals surface area (Å²) in [6, 6.07) is 2.12. The molecule has 0 fully saturated rings. The fraction of sp³-hybridized carbons (Fsp3) is 0.385. The molecule has 4 heteroatoms. The lowest BCUT2D eigenvalue weighted by Crippen LogP contribution is -1.92. The standard InChI is InChI=1S/C13H15NOS2/c1-9-6-7-16-13(9)11-8-17-12(14-11)5-3-4-10(2)15/h6-8H,3-5H2,1-2H3. The monoisotopic (exact) mass is 265 g/mol. The molecule has 0 spiro atoms. The topological polar surface area (TPSA) is 30.0 Å². The van der Waals surface area contributed by atoms with Crippen LogP contribution >= 0.6 is 22.7 Å². The van der Waals surface area contributed by atoms with Crippen LogP contribution in [-0.2, 0) is 11.2 Å². The minimum atomic E-state index is 0.260. The fourth-order valence-corrected chi connectivity index (χ4v) is 3.45. The Morgan fingerprint density at radius 3 is 2.88 bits per heavy atom. The molecule has 0 saturated carbocycles. The highest BCUT2D eigenvalue weighted by Gasteiger charge is 2.08. The quantitative estimate of drug-likeness (QED) is 0.815. The van der Waals surface area contributed by atoms with Crippen molar-refractivity contribution >= 4 is 28.5 Å². The van der Waals surface area contributed by atoms with Crippen LogP contribution in [0.2, 0.25) is 0 Å². The summed E-state index contributed by atoms with van der Waals surface area (Å²) in [5.74, 6) is 0.260. The summed E-state index contributed by atoms with van der Waals surface area (Å²) in [4.78, 5) is 16.7. The minimum Gasteiger partial charge on any atom is -0.300 e. The summed E-state index contributed by atoms with van der Waals surface area (Å²) in [5, 5.41) is 5.34. The van der Waals surface area contributed by atoms with Gasteiger partial charge < -0.3 is 4.79 Å². The molecule has 0 unspecified atom stereocenters. The van der Waals surface area contributed by atoms with Crippen molar-refractivity contribution in [3.05, 3.63) is 27.4 Å². The maximum absolute atomic E-state index is 10.9. The summed E-state index contributed by atoms with van der Waals surface area (Å²) < 4.78 is 0. The van der Waals surface area contributed by atoms with E-state index in [1.165, 1.54) is 10.4 Å². The van der Waals surface area contributed by atoms with Gasteiger partial charge in [0.25, 0.3) is 0 Å². The smallest absolute Gasteiger partial charge is 0.129 e. The Hall–Kier alpha value is -1.00. The summed E-state index contributed by atoms with van der Waals surface area (Å²) in [6.07, 6.45) is 2.48. The molecule has 0 atom stereocenters. The van der Waals surface area contributed by atoms with Gasteiger partial charge in [-0.2, -0.15) is 0 Å². The zero-order valence-electron chi connectivity index (χ0n) is 10.0. The van der Waals surface area contributed by atoms with Gasteiger partial charge in [0, 0.05) is 11.8 Å². The highest BCUT2D eigenvalue weighted by atomic mass is 32.1. The van der Waals surface area contributed by atoms with Crippen LogP contribution in [0.5, 0.6) is 0 Å². The Balaban J connectivity index is 2.01. The number of rotatable bonds is 5. The van der Waals surface area contributed by atoms with E-state index in [-0.39, 0.29) is 5.78 Å².